The van der Waals surface area contributed by atoms with Gasteiger partial charge in [-0.1, -0.05) is 6.58 Å². The number of nitrogens with zero attached hydrogens (tertiary/aromatic N) is 2. The minimum absolute atomic E-state index is 0.162. The third kappa shape index (κ3) is 1.34. The second-order valence-electron chi connectivity index (χ2n) is 2.44. The Balaban J connectivity index is 3.26. The molecule has 12 heavy (non-hydrogen) atoms. The topological polar surface area (TPSA) is 34.9 Å². The molecule has 0 radical (unpaired) electrons. The Hall–Kier alpha value is -0.900. The van der Waals surface area contributed by atoms with Crippen molar-refractivity contribution < 1.29 is 4.79 Å². The van der Waals surface area contributed by atoms with Gasteiger partial charge in [-0.3, -0.25) is 9.48 Å². The minimum atomic E-state index is -0.162. The maximum atomic E-state index is 11.2. The number of aromatic nitrogens is 2. The molecule has 1 rings (SSSR count). The van der Waals surface area contributed by atoms with Gasteiger partial charge in [-0.15, -0.1) is 0 Å². The Morgan fingerprint density at radius 1 is 1.75 bits per heavy atom. The van der Waals surface area contributed by atoms with E-state index in [1.54, 1.807) is 11.7 Å². The number of carbonyl (C=O) groups is 1. The molecule has 3 nitrogen and oxygen atoms in total. The van der Waals surface area contributed by atoms with Crippen LogP contribution in [0.15, 0.2) is 17.1 Å². The Labute approximate surface area is 79.2 Å². The highest BCUT2D eigenvalue weighted by atomic mass is 79.9. The third-order valence-corrected chi connectivity index (χ3v) is 2.63. The fraction of sp³-hybridized carbons (Fsp3) is 0.250. The van der Waals surface area contributed by atoms with E-state index in [0.29, 0.717) is 5.69 Å². The quantitative estimate of drug-likeness (QED) is 0.573. The Kier molecular flexibility index (Phi) is 2.47. The summed E-state index contributed by atoms with van der Waals surface area (Å²) in [6, 6.07) is 0. The molecule has 0 atom stereocenters. The first-order valence-electron chi connectivity index (χ1n) is 3.43. The number of carbonyl (C=O) groups excluding carboxylic acids is 1. The van der Waals surface area contributed by atoms with Crippen molar-refractivity contribution >= 4 is 21.7 Å². The number of aryl methyl sites for hydroxylation is 1. The Morgan fingerprint density at radius 3 is 2.67 bits per heavy atom. The number of halogens is 1. The molecule has 0 aliphatic carbocycles. The maximum absolute atomic E-state index is 11.2. The van der Waals surface area contributed by atoms with Crippen molar-refractivity contribution in [3.05, 3.63) is 28.5 Å². The van der Waals surface area contributed by atoms with Crippen LogP contribution in [0, 0.1) is 6.92 Å². The van der Waals surface area contributed by atoms with E-state index in [1.165, 1.54) is 6.08 Å². The standard InChI is InChI=1S/C8H9BrN2O/c1-4-6(12)8-7(9)5(2)11(3)10-8/h4H,1H2,2-3H3. The fourth-order valence-electron chi connectivity index (χ4n) is 0.836. The first kappa shape index (κ1) is 9.19. The van der Waals surface area contributed by atoms with Crippen LogP contribution in [-0.2, 0) is 7.05 Å². The molecule has 0 saturated carbocycles. The summed E-state index contributed by atoms with van der Waals surface area (Å²) >= 11 is 3.29. The summed E-state index contributed by atoms with van der Waals surface area (Å²) in [5, 5.41) is 4.03. The molecule has 0 unspecified atom stereocenters. The number of rotatable bonds is 2. The predicted octanol–water partition coefficient (Wildman–Crippen LogP) is 1.86. The normalized spacial score (nSPS) is 9.92. The molecule has 4 heteroatoms. The second-order valence-corrected chi connectivity index (χ2v) is 3.23. The Morgan fingerprint density at radius 2 is 2.33 bits per heavy atom. The lowest BCUT2D eigenvalue weighted by Gasteiger charge is -1.89. The van der Waals surface area contributed by atoms with E-state index in [9.17, 15) is 4.79 Å². The zero-order valence-corrected chi connectivity index (χ0v) is 8.55. The van der Waals surface area contributed by atoms with Gasteiger partial charge in [0.15, 0.2) is 0 Å². The molecular weight excluding hydrogens is 220 g/mol. The highest BCUT2D eigenvalue weighted by Gasteiger charge is 2.14. The van der Waals surface area contributed by atoms with Gasteiger partial charge in [0.05, 0.1) is 4.47 Å². The van der Waals surface area contributed by atoms with E-state index in [0.717, 1.165) is 10.2 Å². The lowest BCUT2D eigenvalue weighted by molar-refractivity contribution is 0.104. The molecular formula is C8H9BrN2O. The van der Waals surface area contributed by atoms with Crippen LogP contribution in [0.25, 0.3) is 0 Å². The maximum Gasteiger partial charge on any atom is 0.206 e. The molecule has 0 spiro atoms. The van der Waals surface area contributed by atoms with E-state index < -0.39 is 0 Å². The summed E-state index contributed by atoms with van der Waals surface area (Å²) in [7, 11) is 1.79. The zero-order chi connectivity index (χ0) is 9.30. The summed E-state index contributed by atoms with van der Waals surface area (Å²) in [6.07, 6.45) is 1.26. The van der Waals surface area contributed by atoms with Gasteiger partial charge < -0.3 is 0 Å². The number of hydrogen-bond donors (Lipinski definition) is 0. The number of hydrogen-bond acceptors (Lipinski definition) is 2. The van der Waals surface area contributed by atoms with Gasteiger partial charge in [-0.05, 0) is 28.9 Å². The molecule has 0 aliphatic rings. The molecule has 0 fully saturated rings. The van der Waals surface area contributed by atoms with Crippen molar-refractivity contribution in [3.8, 4) is 0 Å². The highest BCUT2D eigenvalue weighted by Crippen LogP contribution is 2.20. The highest BCUT2D eigenvalue weighted by molar-refractivity contribution is 9.10. The van der Waals surface area contributed by atoms with Gasteiger partial charge >= 0.3 is 0 Å². The van der Waals surface area contributed by atoms with Crippen LogP contribution in [0.5, 0.6) is 0 Å². The van der Waals surface area contributed by atoms with E-state index >= 15 is 0 Å². The molecule has 64 valence electrons. The van der Waals surface area contributed by atoms with E-state index in [1.807, 2.05) is 6.92 Å². The summed E-state index contributed by atoms with van der Waals surface area (Å²) in [6.45, 7) is 5.28. The lowest BCUT2D eigenvalue weighted by Crippen LogP contribution is -1.97. The molecule has 0 N–H and O–H groups in total. The van der Waals surface area contributed by atoms with E-state index in [4.69, 9.17) is 0 Å². The Bertz CT molecular complexity index is 341. The van der Waals surface area contributed by atoms with E-state index in [-0.39, 0.29) is 5.78 Å². The van der Waals surface area contributed by atoms with Gasteiger partial charge in [-0.25, -0.2) is 0 Å². The molecule has 1 heterocycles. The molecule has 0 bridgehead atoms. The van der Waals surface area contributed by atoms with Crippen LogP contribution in [0.1, 0.15) is 16.2 Å². The van der Waals surface area contributed by atoms with Gasteiger partial charge in [0, 0.05) is 12.7 Å². The fourth-order valence-corrected chi connectivity index (χ4v) is 1.37. The summed E-state index contributed by atoms with van der Waals surface area (Å²) in [4.78, 5) is 11.2. The van der Waals surface area contributed by atoms with Crippen molar-refractivity contribution in [1.29, 1.82) is 0 Å². The van der Waals surface area contributed by atoms with Gasteiger partial charge in [-0.2, -0.15) is 5.10 Å². The predicted molar refractivity (Wildman–Crippen MR) is 50.2 cm³/mol. The van der Waals surface area contributed by atoms with Crippen molar-refractivity contribution in [2.45, 2.75) is 6.92 Å². The smallest absolute Gasteiger partial charge is 0.206 e. The van der Waals surface area contributed by atoms with Crippen LogP contribution < -0.4 is 0 Å². The minimum Gasteiger partial charge on any atom is -0.287 e. The van der Waals surface area contributed by atoms with Crippen LogP contribution in [-0.4, -0.2) is 15.6 Å². The molecule has 0 aliphatic heterocycles. The summed E-state index contributed by atoms with van der Waals surface area (Å²) in [5.74, 6) is -0.162. The van der Waals surface area contributed by atoms with Crippen LogP contribution in [0.2, 0.25) is 0 Å². The molecule has 0 amide bonds. The van der Waals surface area contributed by atoms with Gasteiger partial charge in [0.2, 0.25) is 5.78 Å². The average molecular weight is 229 g/mol. The largest absolute Gasteiger partial charge is 0.287 e. The van der Waals surface area contributed by atoms with Crippen molar-refractivity contribution in [2.75, 3.05) is 0 Å². The molecule has 0 saturated heterocycles. The van der Waals surface area contributed by atoms with Gasteiger partial charge in [0.1, 0.15) is 5.69 Å². The van der Waals surface area contributed by atoms with Crippen molar-refractivity contribution in [2.24, 2.45) is 7.05 Å². The monoisotopic (exact) mass is 228 g/mol. The first-order valence-corrected chi connectivity index (χ1v) is 4.23. The number of allylic oxidation sites excluding steroid dienone is 1. The molecule has 0 aromatic carbocycles. The third-order valence-electron chi connectivity index (χ3n) is 1.68. The van der Waals surface area contributed by atoms with E-state index in [2.05, 4.69) is 27.6 Å². The average Bonchev–Trinajstić information content (AvgIpc) is 2.32. The summed E-state index contributed by atoms with van der Waals surface area (Å²) < 4.78 is 2.40. The first-order chi connectivity index (χ1) is 5.57. The van der Waals surface area contributed by atoms with Crippen LogP contribution >= 0.6 is 15.9 Å². The van der Waals surface area contributed by atoms with Gasteiger partial charge in [0.25, 0.3) is 0 Å². The zero-order valence-electron chi connectivity index (χ0n) is 6.97. The van der Waals surface area contributed by atoms with Crippen molar-refractivity contribution in [3.63, 3.8) is 0 Å². The van der Waals surface area contributed by atoms with Crippen LogP contribution in [0.4, 0.5) is 0 Å². The van der Waals surface area contributed by atoms with Crippen molar-refractivity contribution in [1.82, 2.24) is 9.78 Å². The lowest BCUT2D eigenvalue weighted by atomic mass is 10.3. The SMILES string of the molecule is C=CC(=O)c1nn(C)c(C)c1Br. The summed E-state index contributed by atoms with van der Waals surface area (Å²) in [5.41, 5.74) is 1.35. The molecule has 1 aromatic rings. The second kappa shape index (κ2) is 3.23. The molecule has 1 aromatic heterocycles. The number of ketones is 1. The van der Waals surface area contributed by atoms with Crippen LogP contribution in [0.3, 0.4) is 0 Å².